The van der Waals surface area contributed by atoms with E-state index in [1.54, 1.807) is 17.1 Å². The molecule has 3 fully saturated rings. The lowest BCUT2D eigenvalue weighted by Gasteiger charge is -2.39. The molecule has 1 aromatic heterocycles. The Labute approximate surface area is 141 Å². The van der Waals surface area contributed by atoms with Crippen molar-refractivity contribution in [1.82, 2.24) is 14.7 Å². The number of carboxylic acid groups (broad SMARTS) is 1. The third kappa shape index (κ3) is 2.26. The number of rotatable bonds is 3. The summed E-state index contributed by atoms with van der Waals surface area (Å²) in [5.41, 5.74) is 0.243. The van der Waals surface area contributed by atoms with Gasteiger partial charge in [0.15, 0.2) is 5.54 Å². The van der Waals surface area contributed by atoms with Gasteiger partial charge in [-0.05, 0) is 37.2 Å². The average molecular weight is 331 g/mol. The summed E-state index contributed by atoms with van der Waals surface area (Å²) in [4.78, 5) is 26.6. The third-order valence-corrected chi connectivity index (χ3v) is 6.54. The van der Waals surface area contributed by atoms with Crippen LogP contribution in [0.5, 0.6) is 0 Å². The summed E-state index contributed by atoms with van der Waals surface area (Å²) in [7, 11) is 0. The van der Waals surface area contributed by atoms with Crippen LogP contribution < -0.4 is 0 Å². The highest BCUT2D eigenvalue weighted by Crippen LogP contribution is 2.63. The van der Waals surface area contributed by atoms with Gasteiger partial charge in [0.2, 0.25) is 5.91 Å². The number of piperidine rings is 1. The van der Waals surface area contributed by atoms with Crippen molar-refractivity contribution in [3.8, 4) is 0 Å². The molecule has 2 aliphatic carbocycles. The van der Waals surface area contributed by atoms with Gasteiger partial charge in [-0.15, -0.1) is 0 Å². The maximum absolute atomic E-state index is 12.8. The van der Waals surface area contributed by atoms with E-state index in [4.69, 9.17) is 0 Å². The molecule has 1 spiro atoms. The van der Waals surface area contributed by atoms with Crippen molar-refractivity contribution >= 4 is 11.9 Å². The lowest BCUT2D eigenvalue weighted by atomic mass is 9.87. The zero-order valence-electron chi connectivity index (χ0n) is 14.2. The molecule has 1 aliphatic heterocycles. The largest absolute Gasteiger partial charge is 0.479 e. The number of hydrogen-bond acceptors (Lipinski definition) is 3. The van der Waals surface area contributed by atoms with Crippen molar-refractivity contribution in [3.63, 3.8) is 0 Å². The van der Waals surface area contributed by atoms with E-state index in [-0.39, 0.29) is 11.8 Å². The molecule has 6 heteroatoms. The fourth-order valence-electron chi connectivity index (χ4n) is 4.83. The molecule has 2 saturated carbocycles. The third-order valence-electron chi connectivity index (χ3n) is 6.54. The quantitative estimate of drug-likeness (QED) is 0.921. The molecule has 130 valence electrons. The van der Waals surface area contributed by atoms with Crippen LogP contribution in [0.25, 0.3) is 0 Å². The molecule has 1 saturated heterocycles. The molecule has 6 nitrogen and oxygen atoms in total. The molecule has 1 N–H and O–H groups in total. The topological polar surface area (TPSA) is 75.4 Å². The van der Waals surface area contributed by atoms with Gasteiger partial charge in [0, 0.05) is 38.0 Å². The van der Waals surface area contributed by atoms with Gasteiger partial charge < -0.3 is 10.0 Å². The lowest BCUT2D eigenvalue weighted by molar-refractivity contribution is -0.153. The maximum atomic E-state index is 12.8. The minimum Gasteiger partial charge on any atom is -0.479 e. The first-order valence-corrected chi connectivity index (χ1v) is 9.01. The predicted octanol–water partition coefficient (Wildman–Crippen LogP) is 2.17. The van der Waals surface area contributed by atoms with Crippen LogP contribution in [0, 0.1) is 18.3 Å². The molecule has 24 heavy (non-hydrogen) atoms. The average Bonchev–Trinajstić information content (AvgIpc) is 2.87. The number of aryl methyl sites for hydroxylation is 1. The number of likely N-dealkylation sites (tertiary alicyclic amines) is 1. The van der Waals surface area contributed by atoms with E-state index in [9.17, 15) is 14.7 Å². The Hall–Kier alpha value is -1.85. The number of aliphatic carboxylic acids is 1. The second kappa shape index (κ2) is 5.33. The summed E-state index contributed by atoms with van der Waals surface area (Å²) in [5.74, 6) is -0.395. The number of amides is 1. The number of nitrogens with zero attached hydrogens (tertiary/aromatic N) is 3. The predicted molar refractivity (Wildman–Crippen MR) is 87.4 cm³/mol. The molecule has 2 heterocycles. The molecule has 0 unspecified atom stereocenters. The van der Waals surface area contributed by atoms with Gasteiger partial charge >= 0.3 is 5.97 Å². The Kier molecular flexibility index (Phi) is 3.48. The molecule has 1 amide bonds. The molecule has 1 aromatic rings. The van der Waals surface area contributed by atoms with Crippen molar-refractivity contribution in [3.05, 3.63) is 18.0 Å². The summed E-state index contributed by atoms with van der Waals surface area (Å²) in [6.07, 6.45) is 10.3. The van der Waals surface area contributed by atoms with Crippen LogP contribution in [-0.2, 0) is 15.1 Å². The van der Waals surface area contributed by atoms with E-state index in [2.05, 4.69) is 5.10 Å². The van der Waals surface area contributed by atoms with Crippen LogP contribution in [0.15, 0.2) is 12.4 Å². The number of hydrogen-bond donors (Lipinski definition) is 1. The Morgan fingerprint density at radius 2 is 1.88 bits per heavy atom. The fraction of sp³-hybridized carbons (Fsp3) is 0.722. The van der Waals surface area contributed by atoms with E-state index in [1.165, 1.54) is 25.7 Å². The Morgan fingerprint density at radius 3 is 2.42 bits per heavy atom. The van der Waals surface area contributed by atoms with Crippen LogP contribution in [0.3, 0.4) is 0 Å². The Balaban J connectivity index is 1.45. The monoisotopic (exact) mass is 331 g/mol. The standard InChI is InChI=1S/C18H25N3O3/c1-13-11-19-21(12-13)18(16(23)24)6-8-20(9-7-18)15(22)14-10-17(14)4-2-3-5-17/h11-12,14H,2-10H2,1H3,(H,23,24)/t14-/m0/s1. The lowest BCUT2D eigenvalue weighted by Crippen LogP contribution is -2.53. The summed E-state index contributed by atoms with van der Waals surface area (Å²) in [5, 5.41) is 14.0. The van der Waals surface area contributed by atoms with Crippen LogP contribution in [0.1, 0.15) is 50.5 Å². The van der Waals surface area contributed by atoms with E-state index in [1.807, 2.05) is 11.8 Å². The number of carbonyl (C=O) groups is 2. The van der Waals surface area contributed by atoms with Gasteiger partial charge in [0.1, 0.15) is 0 Å². The van der Waals surface area contributed by atoms with Gasteiger partial charge in [-0.1, -0.05) is 12.8 Å². The van der Waals surface area contributed by atoms with Crippen LogP contribution in [0.2, 0.25) is 0 Å². The Bertz CT molecular complexity index is 667. The first-order valence-electron chi connectivity index (χ1n) is 9.01. The van der Waals surface area contributed by atoms with Crippen LogP contribution in [0.4, 0.5) is 0 Å². The van der Waals surface area contributed by atoms with Gasteiger partial charge in [0.05, 0.1) is 6.20 Å². The van der Waals surface area contributed by atoms with E-state index in [0.29, 0.717) is 31.3 Å². The van der Waals surface area contributed by atoms with E-state index in [0.717, 1.165) is 12.0 Å². The molecule has 0 radical (unpaired) electrons. The SMILES string of the molecule is Cc1cnn(C2(C(=O)O)CCN(C(=O)[C@@H]3CC34CCCC4)CC2)c1. The normalized spacial score (nSPS) is 27.4. The van der Waals surface area contributed by atoms with Crippen molar-refractivity contribution in [2.75, 3.05) is 13.1 Å². The summed E-state index contributed by atoms with van der Waals surface area (Å²) < 4.78 is 1.59. The van der Waals surface area contributed by atoms with Gasteiger partial charge in [-0.25, -0.2) is 4.79 Å². The minimum absolute atomic E-state index is 0.198. The number of carboxylic acids is 1. The summed E-state index contributed by atoms with van der Waals surface area (Å²) in [6.45, 7) is 2.93. The van der Waals surface area contributed by atoms with Gasteiger partial charge in [0.25, 0.3) is 0 Å². The molecule has 4 rings (SSSR count). The molecule has 0 aromatic carbocycles. The van der Waals surface area contributed by atoms with Crippen molar-refractivity contribution in [2.24, 2.45) is 11.3 Å². The zero-order valence-corrected chi connectivity index (χ0v) is 14.2. The second-order valence-electron chi connectivity index (χ2n) is 7.95. The van der Waals surface area contributed by atoms with Crippen LogP contribution in [-0.4, -0.2) is 44.8 Å². The van der Waals surface area contributed by atoms with Crippen molar-refractivity contribution < 1.29 is 14.7 Å². The van der Waals surface area contributed by atoms with Gasteiger partial charge in [-0.3, -0.25) is 9.48 Å². The smallest absolute Gasteiger partial charge is 0.331 e. The fourth-order valence-corrected chi connectivity index (χ4v) is 4.83. The first-order chi connectivity index (χ1) is 11.5. The molecule has 3 aliphatic rings. The maximum Gasteiger partial charge on any atom is 0.331 e. The Morgan fingerprint density at radius 1 is 1.21 bits per heavy atom. The molecule has 0 bridgehead atoms. The second-order valence-corrected chi connectivity index (χ2v) is 7.95. The number of carbonyl (C=O) groups excluding carboxylic acids is 1. The molecular weight excluding hydrogens is 306 g/mol. The van der Waals surface area contributed by atoms with Crippen LogP contribution >= 0.6 is 0 Å². The van der Waals surface area contributed by atoms with Crippen molar-refractivity contribution in [1.29, 1.82) is 0 Å². The summed E-state index contributed by atoms with van der Waals surface area (Å²) in [6, 6.07) is 0. The van der Waals surface area contributed by atoms with E-state index < -0.39 is 11.5 Å². The molecule has 1 atom stereocenters. The first kappa shape index (κ1) is 15.7. The number of aromatic nitrogens is 2. The van der Waals surface area contributed by atoms with E-state index >= 15 is 0 Å². The molecular formula is C18H25N3O3. The highest BCUT2D eigenvalue weighted by Gasteiger charge is 2.60. The van der Waals surface area contributed by atoms with Gasteiger partial charge in [-0.2, -0.15) is 5.10 Å². The zero-order chi connectivity index (χ0) is 16.9. The highest BCUT2D eigenvalue weighted by molar-refractivity contribution is 5.83. The van der Waals surface area contributed by atoms with Crippen molar-refractivity contribution in [2.45, 2.75) is 57.4 Å². The summed E-state index contributed by atoms with van der Waals surface area (Å²) >= 11 is 0. The minimum atomic E-state index is -1.01. The highest BCUT2D eigenvalue weighted by atomic mass is 16.4.